The lowest BCUT2D eigenvalue weighted by Crippen LogP contribution is -1.99. The van der Waals surface area contributed by atoms with E-state index in [2.05, 4.69) is 26.0 Å². The Morgan fingerprint density at radius 2 is 1.81 bits per heavy atom. The average molecular weight is 218 g/mol. The minimum Gasteiger partial charge on any atom is -0.463 e. The molecule has 2 nitrogen and oxygen atoms in total. The van der Waals surface area contributed by atoms with Gasteiger partial charge in [0, 0.05) is 6.08 Å². The van der Waals surface area contributed by atoms with Gasteiger partial charge in [0.25, 0.3) is 0 Å². The van der Waals surface area contributed by atoms with Crippen molar-refractivity contribution in [1.82, 2.24) is 0 Å². The van der Waals surface area contributed by atoms with Crippen LogP contribution in [0.3, 0.4) is 0 Å². The van der Waals surface area contributed by atoms with E-state index in [1.807, 2.05) is 6.92 Å². The standard InChI is InChI=1S/C14H18O2/c1-5-16-14(15)7-6-13-9-11(3)10(2)8-12(13)4/h6-9H,5H2,1-4H3/b7-6+. The van der Waals surface area contributed by atoms with Gasteiger partial charge in [-0.05, 0) is 56.0 Å². The van der Waals surface area contributed by atoms with Crippen LogP contribution < -0.4 is 0 Å². The molecule has 2 heteroatoms. The minimum absolute atomic E-state index is 0.292. The largest absolute Gasteiger partial charge is 0.463 e. The molecule has 0 N–H and O–H groups in total. The van der Waals surface area contributed by atoms with E-state index in [0.717, 1.165) is 5.56 Å². The van der Waals surface area contributed by atoms with Crippen LogP contribution in [-0.4, -0.2) is 12.6 Å². The van der Waals surface area contributed by atoms with Gasteiger partial charge in [-0.25, -0.2) is 4.79 Å². The lowest BCUT2D eigenvalue weighted by Gasteiger charge is -2.05. The van der Waals surface area contributed by atoms with Gasteiger partial charge in [-0.1, -0.05) is 12.1 Å². The highest BCUT2D eigenvalue weighted by atomic mass is 16.5. The van der Waals surface area contributed by atoms with Crippen molar-refractivity contribution in [1.29, 1.82) is 0 Å². The Kier molecular flexibility index (Phi) is 4.29. The van der Waals surface area contributed by atoms with Crippen molar-refractivity contribution in [2.45, 2.75) is 27.7 Å². The van der Waals surface area contributed by atoms with Gasteiger partial charge < -0.3 is 4.74 Å². The predicted molar refractivity (Wildman–Crippen MR) is 66.3 cm³/mol. The van der Waals surface area contributed by atoms with Gasteiger partial charge >= 0.3 is 5.97 Å². The summed E-state index contributed by atoms with van der Waals surface area (Å²) >= 11 is 0. The van der Waals surface area contributed by atoms with Crippen LogP contribution in [0, 0.1) is 20.8 Å². The Bertz CT molecular complexity index is 417. The number of aryl methyl sites for hydroxylation is 3. The molecule has 0 amide bonds. The number of benzene rings is 1. The Hall–Kier alpha value is -1.57. The number of carbonyl (C=O) groups is 1. The quantitative estimate of drug-likeness (QED) is 0.575. The fourth-order valence-electron chi connectivity index (χ4n) is 1.51. The van der Waals surface area contributed by atoms with Crippen molar-refractivity contribution >= 4 is 12.0 Å². The normalized spacial score (nSPS) is 10.8. The first-order chi connectivity index (χ1) is 7.54. The fourth-order valence-corrected chi connectivity index (χ4v) is 1.51. The highest BCUT2D eigenvalue weighted by molar-refractivity contribution is 5.87. The first-order valence-electron chi connectivity index (χ1n) is 5.47. The van der Waals surface area contributed by atoms with Crippen LogP contribution in [0.5, 0.6) is 0 Å². The maximum atomic E-state index is 11.2. The zero-order valence-electron chi connectivity index (χ0n) is 10.3. The molecule has 0 bridgehead atoms. The third kappa shape index (κ3) is 3.23. The predicted octanol–water partition coefficient (Wildman–Crippen LogP) is 3.19. The van der Waals surface area contributed by atoms with Gasteiger partial charge in [0.2, 0.25) is 0 Å². The van der Waals surface area contributed by atoms with E-state index in [-0.39, 0.29) is 5.97 Å². The van der Waals surface area contributed by atoms with E-state index >= 15 is 0 Å². The van der Waals surface area contributed by atoms with Gasteiger partial charge in [-0.2, -0.15) is 0 Å². The summed E-state index contributed by atoms with van der Waals surface area (Å²) < 4.78 is 4.83. The summed E-state index contributed by atoms with van der Waals surface area (Å²) in [4.78, 5) is 11.2. The molecule has 0 aliphatic rings. The third-order valence-corrected chi connectivity index (χ3v) is 2.57. The van der Waals surface area contributed by atoms with Crippen LogP contribution in [0.2, 0.25) is 0 Å². The van der Waals surface area contributed by atoms with Crippen LogP contribution in [-0.2, 0) is 9.53 Å². The first kappa shape index (κ1) is 12.5. The van der Waals surface area contributed by atoms with E-state index in [1.54, 1.807) is 13.0 Å². The van der Waals surface area contributed by atoms with Gasteiger partial charge in [0.15, 0.2) is 0 Å². The van der Waals surface area contributed by atoms with E-state index in [1.165, 1.54) is 22.8 Å². The van der Waals surface area contributed by atoms with E-state index in [9.17, 15) is 4.79 Å². The maximum absolute atomic E-state index is 11.2. The summed E-state index contributed by atoms with van der Waals surface area (Å²) in [5.74, 6) is -0.292. The Morgan fingerprint density at radius 3 is 2.44 bits per heavy atom. The van der Waals surface area contributed by atoms with E-state index in [0.29, 0.717) is 6.61 Å². The summed E-state index contributed by atoms with van der Waals surface area (Å²) in [5.41, 5.74) is 4.74. The van der Waals surface area contributed by atoms with Crippen molar-refractivity contribution in [2.24, 2.45) is 0 Å². The number of hydrogen-bond acceptors (Lipinski definition) is 2. The highest BCUT2D eigenvalue weighted by Gasteiger charge is 2.00. The van der Waals surface area contributed by atoms with Crippen LogP contribution in [0.15, 0.2) is 18.2 Å². The third-order valence-electron chi connectivity index (χ3n) is 2.57. The molecule has 0 saturated heterocycles. The molecular weight excluding hydrogens is 200 g/mol. The molecule has 0 radical (unpaired) electrons. The smallest absolute Gasteiger partial charge is 0.330 e. The second-order valence-corrected chi connectivity index (χ2v) is 3.88. The zero-order valence-corrected chi connectivity index (χ0v) is 10.3. The van der Waals surface area contributed by atoms with E-state index < -0.39 is 0 Å². The van der Waals surface area contributed by atoms with Crippen molar-refractivity contribution in [3.63, 3.8) is 0 Å². The second-order valence-electron chi connectivity index (χ2n) is 3.88. The molecule has 0 fully saturated rings. The zero-order chi connectivity index (χ0) is 12.1. The molecule has 0 aliphatic carbocycles. The van der Waals surface area contributed by atoms with Crippen LogP contribution in [0.25, 0.3) is 6.08 Å². The van der Waals surface area contributed by atoms with Gasteiger partial charge in [-0.3, -0.25) is 0 Å². The molecule has 1 rings (SSSR count). The van der Waals surface area contributed by atoms with Gasteiger partial charge in [0.05, 0.1) is 6.61 Å². The average Bonchev–Trinajstić information content (AvgIpc) is 2.22. The molecule has 0 heterocycles. The van der Waals surface area contributed by atoms with Crippen molar-refractivity contribution in [3.8, 4) is 0 Å². The minimum atomic E-state index is -0.292. The number of hydrogen-bond donors (Lipinski definition) is 0. The molecule has 0 saturated carbocycles. The van der Waals surface area contributed by atoms with Crippen molar-refractivity contribution < 1.29 is 9.53 Å². The number of ether oxygens (including phenoxy) is 1. The summed E-state index contributed by atoms with van der Waals surface area (Å²) in [6.07, 6.45) is 3.28. The Balaban J connectivity index is 2.89. The molecule has 1 aromatic carbocycles. The monoisotopic (exact) mass is 218 g/mol. The van der Waals surface area contributed by atoms with Gasteiger partial charge in [0.1, 0.15) is 0 Å². The second kappa shape index (κ2) is 5.50. The number of carbonyl (C=O) groups excluding carboxylic acids is 1. The van der Waals surface area contributed by atoms with Crippen molar-refractivity contribution in [2.75, 3.05) is 6.61 Å². The Labute approximate surface area is 96.9 Å². The lowest BCUT2D eigenvalue weighted by atomic mass is 10.0. The maximum Gasteiger partial charge on any atom is 0.330 e. The molecule has 16 heavy (non-hydrogen) atoms. The van der Waals surface area contributed by atoms with Crippen LogP contribution in [0.4, 0.5) is 0 Å². The molecule has 86 valence electrons. The van der Waals surface area contributed by atoms with Crippen LogP contribution in [0.1, 0.15) is 29.2 Å². The molecule has 0 aromatic heterocycles. The molecule has 0 aliphatic heterocycles. The highest BCUT2D eigenvalue weighted by Crippen LogP contribution is 2.16. The fraction of sp³-hybridized carbons (Fsp3) is 0.357. The molecular formula is C14H18O2. The molecule has 0 spiro atoms. The van der Waals surface area contributed by atoms with Crippen molar-refractivity contribution in [3.05, 3.63) is 40.5 Å². The van der Waals surface area contributed by atoms with Crippen LogP contribution >= 0.6 is 0 Å². The number of rotatable bonds is 3. The summed E-state index contributed by atoms with van der Waals surface area (Å²) in [5, 5.41) is 0. The molecule has 0 unspecified atom stereocenters. The molecule has 0 atom stereocenters. The number of esters is 1. The SMILES string of the molecule is CCOC(=O)/C=C/c1cc(C)c(C)cc1C. The molecule has 1 aromatic rings. The summed E-state index contributed by atoms with van der Waals surface area (Å²) in [6, 6.07) is 4.21. The Morgan fingerprint density at radius 1 is 1.19 bits per heavy atom. The summed E-state index contributed by atoms with van der Waals surface area (Å²) in [6.45, 7) is 8.40. The lowest BCUT2D eigenvalue weighted by molar-refractivity contribution is -0.137. The van der Waals surface area contributed by atoms with E-state index in [4.69, 9.17) is 4.74 Å². The first-order valence-corrected chi connectivity index (χ1v) is 5.47. The summed E-state index contributed by atoms with van der Waals surface area (Å²) in [7, 11) is 0. The topological polar surface area (TPSA) is 26.3 Å². The van der Waals surface area contributed by atoms with Gasteiger partial charge in [-0.15, -0.1) is 0 Å².